The van der Waals surface area contributed by atoms with Gasteiger partial charge in [0.25, 0.3) is 0 Å². The molecule has 0 unspecified atom stereocenters. The van der Waals surface area contributed by atoms with Crippen LogP contribution in [-0.2, 0) is 12.8 Å². The molecule has 8 rings (SSSR count). The minimum atomic E-state index is 1.07. The molecule has 6 nitrogen and oxygen atoms in total. The van der Waals surface area contributed by atoms with E-state index in [1.807, 2.05) is 0 Å². The molecule has 0 aliphatic heterocycles. The van der Waals surface area contributed by atoms with E-state index >= 15 is 0 Å². The summed E-state index contributed by atoms with van der Waals surface area (Å²) < 4.78 is 0. The van der Waals surface area contributed by atoms with Gasteiger partial charge >= 0.3 is 0 Å². The summed E-state index contributed by atoms with van der Waals surface area (Å²) >= 11 is 0. The van der Waals surface area contributed by atoms with Gasteiger partial charge in [-0.25, -0.2) is 0 Å². The molecule has 0 spiro atoms. The second-order valence-electron chi connectivity index (χ2n) is 21.5. The Morgan fingerprint density at radius 1 is 0.197 bits per heavy atom. The molecule has 0 saturated carbocycles. The zero-order valence-corrected chi connectivity index (χ0v) is 47.4. The second-order valence-corrected chi connectivity index (χ2v) is 21.5. The average molecular weight is 1010 g/mol. The first kappa shape index (κ1) is 54.3. The van der Waals surface area contributed by atoms with Crippen molar-refractivity contribution in [1.82, 2.24) is 0 Å². The van der Waals surface area contributed by atoms with Gasteiger partial charge < -0.3 is 29.4 Å². The van der Waals surface area contributed by atoms with E-state index in [4.69, 9.17) is 0 Å². The van der Waals surface area contributed by atoms with Crippen LogP contribution in [0.3, 0.4) is 0 Å². The lowest BCUT2D eigenvalue weighted by molar-refractivity contribution is 0.640. The normalized spacial score (nSPS) is 10.9. The van der Waals surface area contributed by atoms with E-state index in [0.717, 1.165) is 12.8 Å². The van der Waals surface area contributed by atoms with Gasteiger partial charge in [0, 0.05) is 119 Å². The molecule has 0 amide bonds. The molecule has 0 atom stereocenters. The van der Waals surface area contributed by atoms with Crippen LogP contribution in [0.2, 0.25) is 0 Å². The molecule has 0 saturated heterocycles. The highest BCUT2D eigenvalue weighted by Gasteiger charge is 2.20. The molecule has 0 bridgehead atoms. The number of nitrogens with zero attached hydrogens (tertiary/aromatic N) is 6. The standard InChI is InChI=1S/C70H80N6/c1-71(2)61-39-27-55(28-40-61)67(69(57-31-43-63(44-32-57)73(5)6)58-33-45-64(46-34-58)74(7)8)53-23-19-51(20-24-53)17-15-13-14-16-18-52-21-25-54(26-22-52)68(56-29-41-62(42-30-56)72(3)4)70(59-35-47-65(48-36-59)75(9)10)60-37-49-66(50-38-60)76(11)12/h19-50H,13-18H2,1-12H3. The van der Waals surface area contributed by atoms with Crippen LogP contribution in [0, 0.1) is 0 Å². The van der Waals surface area contributed by atoms with Gasteiger partial charge in [0.2, 0.25) is 0 Å². The van der Waals surface area contributed by atoms with Crippen molar-refractivity contribution in [2.24, 2.45) is 0 Å². The largest absolute Gasteiger partial charge is 0.378 e. The molecule has 0 aliphatic rings. The summed E-state index contributed by atoms with van der Waals surface area (Å²) in [6.07, 6.45) is 6.89. The number of hydrogen-bond acceptors (Lipinski definition) is 6. The summed E-state index contributed by atoms with van der Waals surface area (Å²) in [4.78, 5) is 13.0. The SMILES string of the molecule is CN(C)c1ccc(C(=C(c2ccc(N(C)C)cc2)c2ccc(N(C)C)cc2)c2ccc(CCCCCCc3ccc(C(=C(c4ccc(N(C)C)cc4)c4ccc(N(C)C)cc4)c4ccc(N(C)C)cc4)cc3)cc2)cc1. The average Bonchev–Trinajstić information content (AvgIpc) is 3.44. The molecule has 76 heavy (non-hydrogen) atoms. The predicted molar refractivity (Wildman–Crippen MR) is 333 cm³/mol. The fourth-order valence-corrected chi connectivity index (χ4v) is 10.1. The van der Waals surface area contributed by atoms with Crippen molar-refractivity contribution in [3.63, 3.8) is 0 Å². The zero-order valence-electron chi connectivity index (χ0n) is 47.4. The first-order valence-electron chi connectivity index (χ1n) is 27.0. The van der Waals surface area contributed by atoms with Crippen LogP contribution in [0.1, 0.15) is 81.3 Å². The maximum atomic E-state index is 2.36. The van der Waals surface area contributed by atoms with Crippen LogP contribution in [0.5, 0.6) is 0 Å². The van der Waals surface area contributed by atoms with E-state index < -0.39 is 0 Å². The Labute approximate surface area is 456 Å². The van der Waals surface area contributed by atoms with Crippen LogP contribution in [0.25, 0.3) is 22.3 Å². The molecule has 0 aromatic heterocycles. The third-order valence-corrected chi connectivity index (χ3v) is 14.7. The van der Waals surface area contributed by atoms with Crippen molar-refractivity contribution in [1.29, 1.82) is 0 Å². The molecule has 0 radical (unpaired) electrons. The fourth-order valence-electron chi connectivity index (χ4n) is 10.1. The number of aryl methyl sites for hydroxylation is 2. The number of anilines is 6. The molecule has 390 valence electrons. The van der Waals surface area contributed by atoms with E-state index in [0.29, 0.717) is 0 Å². The molecule has 0 fully saturated rings. The Balaban J connectivity index is 1.000. The van der Waals surface area contributed by atoms with Gasteiger partial charge in [-0.15, -0.1) is 0 Å². The van der Waals surface area contributed by atoms with E-state index in [1.54, 1.807) is 0 Å². The van der Waals surface area contributed by atoms with E-state index in [1.165, 1.54) is 138 Å². The summed E-state index contributed by atoms with van der Waals surface area (Å²) in [6.45, 7) is 0. The van der Waals surface area contributed by atoms with Gasteiger partial charge in [-0.1, -0.05) is 134 Å². The second kappa shape index (κ2) is 25.0. The number of hydrogen-bond donors (Lipinski definition) is 0. The molecule has 0 aliphatic carbocycles. The predicted octanol–water partition coefficient (Wildman–Crippen LogP) is 15.4. The summed E-state index contributed by atoms with van der Waals surface area (Å²) in [5.41, 5.74) is 24.4. The third-order valence-electron chi connectivity index (χ3n) is 14.7. The van der Waals surface area contributed by atoms with Crippen molar-refractivity contribution in [3.05, 3.63) is 250 Å². The fraction of sp³-hybridized carbons (Fsp3) is 0.257. The molecular formula is C70H80N6. The Morgan fingerprint density at radius 3 is 0.487 bits per heavy atom. The lowest BCUT2D eigenvalue weighted by Gasteiger charge is -2.21. The highest BCUT2D eigenvalue weighted by molar-refractivity contribution is 6.06. The van der Waals surface area contributed by atoms with Crippen molar-refractivity contribution in [2.45, 2.75) is 38.5 Å². The summed E-state index contributed by atoms with van der Waals surface area (Å²) in [7, 11) is 25.2. The molecule has 0 N–H and O–H groups in total. The van der Waals surface area contributed by atoms with Crippen LogP contribution < -0.4 is 29.4 Å². The zero-order chi connectivity index (χ0) is 53.9. The smallest absolute Gasteiger partial charge is 0.0361 e. The van der Waals surface area contributed by atoms with Crippen molar-refractivity contribution in [3.8, 4) is 0 Å². The van der Waals surface area contributed by atoms with Gasteiger partial charge in [-0.2, -0.15) is 0 Å². The van der Waals surface area contributed by atoms with Crippen LogP contribution in [0.15, 0.2) is 194 Å². The van der Waals surface area contributed by atoms with Crippen LogP contribution in [-0.4, -0.2) is 84.6 Å². The van der Waals surface area contributed by atoms with Crippen LogP contribution >= 0.6 is 0 Å². The van der Waals surface area contributed by atoms with Gasteiger partial charge in [-0.05, 0) is 176 Å². The number of benzene rings is 8. The maximum absolute atomic E-state index is 2.36. The minimum absolute atomic E-state index is 1.07. The minimum Gasteiger partial charge on any atom is -0.378 e. The van der Waals surface area contributed by atoms with Crippen molar-refractivity contribution >= 4 is 56.4 Å². The first-order valence-corrected chi connectivity index (χ1v) is 27.0. The highest BCUT2D eigenvalue weighted by Crippen LogP contribution is 2.41. The Kier molecular flexibility index (Phi) is 17.9. The molecule has 8 aromatic carbocycles. The quantitative estimate of drug-likeness (QED) is 0.0524. The molecular weight excluding hydrogens is 925 g/mol. The number of rotatable bonds is 21. The van der Waals surface area contributed by atoms with Gasteiger partial charge in [-0.3, -0.25) is 0 Å². The van der Waals surface area contributed by atoms with Gasteiger partial charge in [0.15, 0.2) is 0 Å². The molecule has 6 heteroatoms. The van der Waals surface area contributed by atoms with Crippen molar-refractivity contribution < 1.29 is 0 Å². The van der Waals surface area contributed by atoms with Gasteiger partial charge in [0.05, 0.1) is 0 Å². The summed E-state index contributed by atoms with van der Waals surface area (Å²) in [6, 6.07) is 72.9. The molecule has 0 heterocycles. The first-order chi connectivity index (χ1) is 36.6. The Bertz CT molecular complexity index is 2830. The van der Waals surface area contributed by atoms with E-state index in [-0.39, 0.29) is 0 Å². The monoisotopic (exact) mass is 1000 g/mol. The van der Waals surface area contributed by atoms with E-state index in [2.05, 4.69) is 308 Å². The lowest BCUT2D eigenvalue weighted by Crippen LogP contribution is -2.09. The maximum Gasteiger partial charge on any atom is 0.0361 e. The van der Waals surface area contributed by atoms with Crippen LogP contribution in [0.4, 0.5) is 34.1 Å². The number of unbranched alkanes of at least 4 members (excludes halogenated alkanes) is 3. The Morgan fingerprint density at radius 2 is 0.342 bits per heavy atom. The van der Waals surface area contributed by atoms with Crippen molar-refractivity contribution in [2.75, 3.05) is 114 Å². The highest BCUT2D eigenvalue weighted by atomic mass is 15.1. The van der Waals surface area contributed by atoms with Gasteiger partial charge in [0.1, 0.15) is 0 Å². The Hall–Kier alpha value is -7.96. The molecule has 8 aromatic rings. The summed E-state index contributed by atoms with van der Waals surface area (Å²) in [5, 5.41) is 0. The topological polar surface area (TPSA) is 19.4 Å². The third kappa shape index (κ3) is 13.3. The van der Waals surface area contributed by atoms with E-state index in [9.17, 15) is 0 Å². The summed E-state index contributed by atoms with van der Waals surface area (Å²) in [5.74, 6) is 0. The lowest BCUT2D eigenvalue weighted by atomic mass is 9.85.